The van der Waals surface area contributed by atoms with Crippen LogP contribution in [-0.4, -0.2) is 19.5 Å². The van der Waals surface area contributed by atoms with E-state index in [1.54, 1.807) is 0 Å². The summed E-state index contributed by atoms with van der Waals surface area (Å²) in [5.41, 5.74) is 9.86. The topological polar surface area (TPSA) is 84.9 Å². The van der Waals surface area contributed by atoms with Crippen LogP contribution in [0, 0.1) is 17.9 Å². The number of para-hydroxylation sites is 1. The average molecular weight is 691 g/mol. The van der Waals surface area contributed by atoms with Crippen molar-refractivity contribution in [2.75, 3.05) is 0 Å². The fourth-order valence-corrected chi connectivity index (χ4v) is 7.43. The number of hydrogen-bond donors (Lipinski definition) is 0. The van der Waals surface area contributed by atoms with Crippen molar-refractivity contribution in [2.24, 2.45) is 0 Å². The molecule has 54 heavy (non-hydrogen) atoms. The molecule has 0 aliphatic carbocycles. The molecule has 0 fully saturated rings. The molecule has 0 bridgehead atoms. The Bertz CT molecular complexity index is 3060. The first kappa shape index (κ1) is 30.9. The van der Waals surface area contributed by atoms with Crippen LogP contribution < -0.4 is 0 Å². The summed E-state index contributed by atoms with van der Waals surface area (Å²) in [5, 5.41) is 13.7. The van der Waals surface area contributed by atoms with Gasteiger partial charge in [0, 0.05) is 32.8 Å². The van der Waals surface area contributed by atoms with E-state index < -0.39 is 0 Å². The second-order valence-electron chi connectivity index (χ2n) is 13.0. The molecule has 7 aromatic carbocycles. The fraction of sp³-hybridized carbons (Fsp3) is 0. The average Bonchev–Trinajstić information content (AvgIpc) is 3.79. The number of benzene rings is 7. The number of aromatic nitrogens is 4. The molecule has 0 spiro atoms. The predicted molar refractivity (Wildman–Crippen MR) is 214 cm³/mol. The van der Waals surface area contributed by atoms with Crippen molar-refractivity contribution in [1.29, 1.82) is 5.26 Å². The molecule has 0 amide bonds. The Morgan fingerprint density at radius 1 is 0.537 bits per heavy atom. The summed E-state index contributed by atoms with van der Waals surface area (Å²) in [7, 11) is 0. The van der Waals surface area contributed by atoms with Gasteiger partial charge in [-0.3, -0.25) is 0 Å². The maximum atomic E-state index is 9.86. The van der Waals surface area contributed by atoms with Gasteiger partial charge in [-0.25, -0.2) is 19.8 Å². The zero-order chi connectivity index (χ0) is 36.2. The molecule has 0 aliphatic rings. The summed E-state index contributed by atoms with van der Waals surface area (Å²) in [6, 6.07) is 54.2. The number of fused-ring (bicyclic) bond motifs is 6. The Labute approximate surface area is 309 Å². The van der Waals surface area contributed by atoms with E-state index in [1.807, 2.05) is 127 Å². The van der Waals surface area contributed by atoms with Gasteiger partial charge in [-0.2, -0.15) is 5.26 Å². The van der Waals surface area contributed by atoms with E-state index in [0.717, 1.165) is 77.2 Å². The van der Waals surface area contributed by atoms with E-state index in [2.05, 4.69) is 45.8 Å². The van der Waals surface area contributed by atoms with Gasteiger partial charge in [0.25, 0.3) is 0 Å². The second kappa shape index (κ2) is 12.4. The minimum Gasteiger partial charge on any atom is -0.456 e. The van der Waals surface area contributed by atoms with Crippen LogP contribution in [0.3, 0.4) is 0 Å². The van der Waals surface area contributed by atoms with Crippen LogP contribution >= 0.6 is 0 Å². The molecular formula is C47H26N6O. The third-order valence-electron chi connectivity index (χ3n) is 9.90. The monoisotopic (exact) mass is 690 g/mol. The molecule has 0 saturated heterocycles. The molecule has 0 radical (unpaired) electrons. The lowest BCUT2D eigenvalue weighted by Crippen LogP contribution is -2.04. The largest absolute Gasteiger partial charge is 0.456 e. The highest BCUT2D eigenvalue weighted by molar-refractivity contribution is 6.13. The van der Waals surface area contributed by atoms with Crippen LogP contribution in [-0.2, 0) is 0 Å². The molecular weight excluding hydrogens is 665 g/mol. The van der Waals surface area contributed by atoms with Crippen LogP contribution in [0.4, 0.5) is 5.69 Å². The summed E-state index contributed by atoms with van der Waals surface area (Å²) >= 11 is 0. The first-order valence-corrected chi connectivity index (χ1v) is 17.4. The van der Waals surface area contributed by atoms with Crippen LogP contribution in [0.1, 0.15) is 5.56 Å². The Balaban J connectivity index is 1.31. The summed E-state index contributed by atoms with van der Waals surface area (Å²) in [6.07, 6.45) is 0. The van der Waals surface area contributed by atoms with Crippen molar-refractivity contribution in [2.45, 2.75) is 0 Å². The molecule has 7 nitrogen and oxygen atoms in total. The smallest absolute Gasteiger partial charge is 0.188 e. The minimum absolute atomic E-state index is 0.505. The highest BCUT2D eigenvalue weighted by Crippen LogP contribution is 2.42. The Kier molecular flexibility index (Phi) is 7.11. The van der Waals surface area contributed by atoms with E-state index in [4.69, 9.17) is 25.9 Å². The van der Waals surface area contributed by atoms with Gasteiger partial charge < -0.3 is 8.98 Å². The number of rotatable bonds is 5. The third-order valence-corrected chi connectivity index (χ3v) is 9.90. The molecule has 0 aliphatic heterocycles. The summed E-state index contributed by atoms with van der Waals surface area (Å²) in [6.45, 7) is 7.74. The highest BCUT2D eigenvalue weighted by atomic mass is 16.3. The normalized spacial score (nSPS) is 11.3. The SMILES string of the molecule is [C-]#[N+]c1ccc2c(c1)c1cc(C#N)ccc1n2-c1ccc(-c2cccc3oc4ccccc4c23)cc1-c1nc(-c2ccccc2)nc(-c2ccccc2)n1. The number of furan rings is 1. The lowest BCUT2D eigenvalue weighted by atomic mass is 9.96. The third kappa shape index (κ3) is 5.00. The van der Waals surface area contributed by atoms with Crippen molar-refractivity contribution in [1.82, 2.24) is 19.5 Å². The molecule has 10 aromatic rings. The number of nitriles is 1. The lowest BCUT2D eigenvalue weighted by molar-refractivity contribution is 0.669. The zero-order valence-electron chi connectivity index (χ0n) is 28.6. The van der Waals surface area contributed by atoms with Crippen LogP contribution in [0.2, 0.25) is 0 Å². The molecule has 0 unspecified atom stereocenters. The van der Waals surface area contributed by atoms with Gasteiger partial charge in [0.2, 0.25) is 0 Å². The standard InChI is InChI=1S/C47H26N6O/c1-49-33-21-24-40-37(27-33)36-25-29(28-48)19-22-39(36)53(40)41-23-20-32(34-16-10-18-43-44(34)35-15-8-9-17-42(35)54-43)26-38(41)47-51-45(30-11-4-2-5-12-30)50-46(52-47)31-13-6-3-7-14-31/h2-27H. The molecule has 7 heteroatoms. The highest BCUT2D eigenvalue weighted by Gasteiger charge is 2.22. The maximum absolute atomic E-state index is 9.86. The van der Waals surface area contributed by atoms with E-state index in [1.165, 1.54) is 0 Å². The van der Waals surface area contributed by atoms with Gasteiger partial charge in [0.15, 0.2) is 23.2 Å². The molecule has 0 N–H and O–H groups in total. The van der Waals surface area contributed by atoms with Gasteiger partial charge in [-0.05, 0) is 71.1 Å². The Hall–Kier alpha value is -7.87. The van der Waals surface area contributed by atoms with Gasteiger partial charge in [0.05, 0.1) is 34.9 Å². The van der Waals surface area contributed by atoms with Crippen molar-refractivity contribution in [3.8, 4) is 57.0 Å². The van der Waals surface area contributed by atoms with Gasteiger partial charge in [-0.15, -0.1) is 0 Å². The van der Waals surface area contributed by atoms with Gasteiger partial charge >= 0.3 is 0 Å². The molecule has 3 aromatic heterocycles. The molecule has 3 heterocycles. The Morgan fingerprint density at radius 3 is 1.91 bits per heavy atom. The van der Waals surface area contributed by atoms with E-state index in [-0.39, 0.29) is 0 Å². The van der Waals surface area contributed by atoms with Crippen molar-refractivity contribution in [3.05, 3.63) is 175 Å². The van der Waals surface area contributed by atoms with E-state index in [0.29, 0.717) is 28.7 Å². The number of nitrogens with zero attached hydrogens (tertiary/aromatic N) is 6. The van der Waals surface area contributed by atoms with Crippen LogP contribution in [0.25, 0.3) is 99.6 Å². The summed E-state index contributed by atoms with van der Waals surface area (Å²) in [5.74, 6) is 1.62. The zero-order valence-corrected chi connectivity index (χ0v) is 28.6. The first-order chi connectivity index (χ1) is 26.7. The van der Waals surface area contributed by atoms with E-state index >= 15 is 0 Å². The molecule has 250 valence electrons. The number of hydrogen-bond acceptors (Lipinski definition) is 5. The van der Waals surface area contributed by atoms with Gasteiger partial charge in [0.1, 0.15) is 11.2 Å². The molecule has 0 atom stereocenters. The fourth-order valence-electron chi connectivity index (χ4n) is 7.43. The van der Waals surface area contributed by atoms with Crippen molar-refractivity contribution in [3.63, 3.8) is 0 Å². The molecule has 10 rings (SSSR count). The first-order valence-electron chi connectivity index (χ1n) is 17.4. The maximum Gasteiger partial charge on any atom is 0.188 e. The van der Waals surface area contributed by atoms with Crippen molar-refractivity contribution < 1.29 is 4.42 Å². The van der Waals surface area contributed by atoms with Crippen molar-refractivity contribution >= 4 is 49.4 Å². The minimum atomic E-state index is 0.505. The second-order valence-corrected chi connectivity index (χ2v) is 13.0. The summed E-state index contributed by atoms with van der Waals surface area (Å²) in [4.78, 5) is 19.1. The molecule has 0 saturated carbocycles. The van der Waals surface area contributed by atoms with Gasteiger partial charge in [-0.1, -0.05) is 103 Å². The van der Waals surface area contributed by atoms with Crippen LogP contribution in [0.15, 0.2) is 162 Å². The predicted octanol–water partition coefficient (Wildman–Crippen LogP) is 12.0. The summed E-state index contributed by atoms with van der Waals surface area (Å²) < 4.78 is 8.48. The Morgan fingerprint density at radius 2 is 1.19 bits per heavy atom. The van der Waals surface area contributed by atoms with Crippen LogP contribution in [0.5, 0.6) is 0 Å². The van der Waals surface area contributed by atoms with E-state index in [9.17, 15) is 5.26 Å². The lowest BCUT2D eigenvalue weighted by Gasteiger charge is -2.16. The quantitative estimate of drug-likeness (QED) is 0.168.